The maximum Gasteiger partial charge on any atom is 0.225 e. The molecule has 2 aromatic rings. The summed E-state index contributed by atoms with van der Waals surface area (Å²) in [5.74, 6) is 1.99. The van der Waals surface area contributed by atoms with Crippen molar-refractivity contribution in [3.05, 3.63) is 65.4 Å². The minimum absolute atomic E-state index is 0.142. The molecule has 0 atom stereocenters. The van der Waals surface area contributed by atoms with Crippen LogP contribution in [0.2, 0.25) is 0 Å². The van der Waals surface area contributed by atoms with Gasteiger partial charge >= 0.3 is 0 Å². The molecule has 2 fully saturated rings. The van der Waals surface area contributed by atoms with Gasteiger partial charge in [-0.1, -0.05) is 12.1 Å². The Morgan fingerprint density at radius 2 is 1.76 bits per heavy atom. The summed E-state index contributed by atoms with van der Waals surface area (Å²) >= 11 is 0. The largest absolute Gasteiger partial charge is 0.507 e. The van der Waals surface area contributed by atoms with E-state index in [1.54, 1.807) is 25.2 Å². The van der Waals surface area contributed by atoms with Gasteiger partial charge in [0.25, 0.3) is 0 Å². The van der Waals surface area contributed by atoms with Crippen LogP contribution in [0, 0.1) is 0 Å². The van der Waals surface area contributed by atoms with E-state index >= 15 is 0 Å². The van der Waals surface area contributed by atoms with Crippen LogP contribution in [0.3, 0.4) is 0 Å². The summed E-state index contributed by atoms with van der Waals surface area (Å²) in [6.07, 6.45) is 8.08. The Balaban J connectivity index is 1.43. The van der Waals surface area contributed by atoms with Crippen LogP contribution >= 0.6 is 0 Å². The average Bonchev–Trinajstić information content (AvgIpc) is 2.88. The van der Waals surface area contributed by atoms with E-state index in [0.717, 1.165) is 63.8 Å². The SMILES string of the molecule is CN/C(N)=C(/C=C(\N)c1ccccc1O)N1CCN(c2ncc(C3CCNCC3)cn2)CC1. The van der Waals surface area contributed by atoms with E-state index in [2.05, 4.69) is 30.4 Å². The van der Waals surface area contributed by atoms with Crippen molar-refractivity contribution in [3.8, 4) is 5.75 Å². The number of hydrogen-bond acceptors (Lipinski definition) is 9. The molecule has 9 heteroatoms. The third kappa shape index (κ3) is 5.31. The molecule has 0 radical (unpaired) electrons. The van der Waals surface area contributed by atoms with Gasteiger partial charge in [0.1, 0.15) is 11.6 Å². The van der Waals surface area contributed by atoms with E-state index in [4.69, 9.17) is 11.5 Å². The first kappa shape index (κ1) is 22.7. The molecule has 7 N–H and O–H groups in total. The summed E-state index contributed by atoms with van der Waals surface area (Å²) in [5, 5.41) is 16.6. The Kier molecular flexibility index (Phi) is 7.19. The third-order valence-corrected chi connectivity index (χ3v) is 6.42. The maximum absolute atomic E-state index is 10.1. The van der Waals surface area contributed by atoms with Crippen LogP contribution in [0.4, 0.5) is 5.95 Å². The van der Waals surface area contributed by atoms with Gasteiger partial charge in [0.05, 0.1) is 5.70 Å². The minimum atomic E-state index is 0.142. The topological polar surface area (TPSA) is 129 Å². The minimum Gasteiger partial charge on any atom is -0.507 e. The Morgan fingerprint density at radius 1 is 1.09 bits per heavy atom. The summed E-state index contributed by atoms with van der Waals surface area (Å²) in [6.45, 7) is 5.17. The van der Waals surface area contributed by atoms with Crippen LogP contribution in [0.25, 0.3) is 5.70 Å². The van der Waals surface area contributed by atoms with Gasteiger partial charge in [0.2, 0.25) is 5.95 Å². The highest BCUT2D eigenvalue weighted by atomic mass is 16.3. The zero-order chi connectivity index (χ0) is 23.2. The van der Waals surface area contributed by atoms with Crippen molar-refractivity contribution in [1.29, 1.82) is 0 Å². The molecule has 2 aliphatic heterocycles. The number of nitrogens with one attached hydrogen (secondary N) is 2. The number of piperidine rings is 1. The molecule has 0 unspecified atom stereocenters. The zero-order valence-corrected chi connectivity index (χ0v) is 19.2. The number of phenolic OH excluding ortho intramolecular Hbond substituents is 1. The van der Waals surface area contributed by atoms with Gasteiger partial charge in [0.15, 0.2) is 0 Å². The summed E-state index contributed by atoms with van der Waals surface area (Å²) in [4.78, 5) is 13.7. The van der Waals surface area contributed by atoms with Crippen molar-refractivity contribution >= 4 is 11.6 Å². The Morgan fingerprint density at radius 3 is 2.39 bits per heavy atom. The van der Waals surface area contributed by atoms with Crippen molar-refractivity contribution in [2.24, 2.45) is 11.5 Å². The molecular formula is C24H34N8O. The number of nitrogens with zero attached hydrogens (tertiary/aromatic N) is 4. The van der Waals surface area contributed by atoms with E-state index in [9.17, 15) is 5.11 Å². The Labute approximate surface area is 195 Å². The van der Waals surface area contributed by atoms with Crippen molar-refractivity contribution in [1.82, 2.24) is 25.5 Å². The number of phenols is 1. The van der Waals surface area contributed by atoms with Gasteiger partial charge in [-0.05, 0) is 55.6 Å². The van der Waals surface area contributed by atoms with Gasteiger partial charge in [-0.2, -0.15) is 0 Å². The van der Waals surface area contributed by atoms with Crippen molar-refractivity contribution in [2.45, 2.75) is 18.8 Å². The molecule has 0 aliphatic carbocycles. The highest BCUT2D eigenvalue weighted by molar-refractivity contribution is 5.70. The molecule has 1 aromatic heterocycles. The summed E-state index contributed by atoms with van der Waals surface area (Å²) in [7, 11) is 1.79. The fraction of sp³-hybridized carbons (Fsp3) is 0.417. The first-order valence-corrected chi connectivity index (χ1v) is 11.5. The zero-order valence-electron chi connectivity index (χ0n) is 19.2. The number of para-hydroxylation sites is 1. The van der Waals surface area contributed by atoms with Crippen LogP contribution in [0.1, 0.15) is 29.9 Å². The van der Waals surface area contributed by atoms with Gasteiger partial charge in [-0.25, -0.2) is 9.97 Å². The number of nitrogens with two attached hydrogens (primary N) is 2. The molecule has 176 valence electrons. The molecule has 9 nitrogen and oxygen atoms in total. The lowest BCUT2D eigenvalue weighted by Gasteiger charge is -2.37. The van der Waals surface area contributed by atoms with Crippen LogP contribution in [-0.2, 0) is 0 Å². The number of allylic oxidation sites excluding steroid dienone is 1. The lowest BCUT2D eigenvalue weighted by atomic mass is 9.92. The van der Waals surface area contributed by atoms with Crippen molar-refractivity contribution in [2.75, 3.05) is 51.2 Å². The van der Waals surface area contributed by atoms with Crippen molar-refractivity contribution in [3.63, 3.8) is 0 Å². The van der Waals surface area contributed by atoms with E-state index < -0.39 is 0 Å². The molecular weight excluding hydrogens is 416 g/mol. The van der Waals surface area contributed by atoms with E-state index in [1.807, 2.05) is 24.5 Å². The molecule has 2 saturated heterocycles. The summed E-state index contributed by atoms with van der Waals surface area (Å²) < 4.78 is 0. The first-order valence-electron chi connectivity index (χ1n) is 11.5. The van der Waals surface area contributed by atoms with E-state index in [-0.39, 0.29) is 5.75 Å². The maximum atomic E-state index is 10.1. The fourth-order valence-corrected chi connectivity index (χ4v) is 4.42. The van der Waals surface area contributed by atoms with Gasteiger partial charge in [-0.15, -0.1) is 0 Å². The number of aromatic hydroxyl groups is 1. The second kappa shape index (κ2) is 10.4. The summed E-state index contributed by atoms with van der Waals surface area (Å²) in [6, 6.07) is 7.02. The van der Waals surface area contributed by atoms with Crippen molar-refractivity contribution < 1.29 is 5.11 Å². The second-order valence-corrected chi connectivity index (χ2v) is 8.48. The van der Waals surface area contributed by atoms with E-state index in [0.29, 0.717) is 23.0 Å². The third-order valence-electron chi connectivity index (χ3n) is 6.42. The van der Waals surface area contributed by atoms with Gasteiger partial charge < -0.3 is 37.0 Å². The molecule has 1 aromatic carbocycles. The standard InChI is InChI=1S/C24H34N8O/c1-27-23(26)21(14-20(25)19-4-2-3-5-22(19)33)31-10-12-32(13-11-31)24-29-15-18(16-30-24)17-6-8-28-9-7-17/h2-5,14-17,27-28,33H,6-13,25-26H2,1H3/b20-14-,23-21-. The quantitative estimate of drug-likeness (QED) is 0.411. The Hall–Kier alpha value is -3.46. The van der Waals surface area contributed by atoms with Gasteiger partial charge in [-0.3, -0.25) is 0 Å². The monoisotopic (exact) mass is 450 g/mol. The predicted molar refractivity (Wildman–Crippen MR) is 131 cm³/mol. The number of piperazine rings is 1. The average molecular weight is 451 g/mol. The fourth-order valence-electron chi connectivity index (χ4n) is 4.42. The number of aromatic nitrogens is 2. The predicted octanol–water partition coefficient (Wildman–Crippen LogP) is 1.12. The number of anilines is 1. The summed E-state index contributed by atoms with van der Waals surface area (Å²) in [5.41, 5.74) is 15.7. The van der Waals surface area contributed by atoms with Crippen LogP contribution in [0.5, 0.6) is 5.75 Å². The number of rotatable bonds is 6. The van der Waals surface area contributed by atoms with E-state index in [1.165, 1.54) is 5.56 Å². The van der Waals surface area contributed by atoms with Gasteiger partial charge in [0, 0.05) is 56.9 Å². The first-order chi connectivity index (χ1) is 16.1. The lowest BCUT2D eigenvalue weighted by molar-refractivity contribution is 0.323. The van der Waals surface area contributed by atoms with Crippen LogP contribution in [-0.4, -0.2) is 66.3 Å². The van der Waals surface area contributed by atoms with Crippen LogP contribution in [0.15, 0.2) is 54.3 Å². The van der Waals surface area contributed by atoms with Crippen LogP contribution < -0.4 is 27.0 Å². The number of benzene rings is 1. The molecule has 3 heterocycles. The highest BCUT2D eigenvalue weighted by Crippen LogP contribution is 2.26. The molecule has 0 spiro atoms. The second-order valence-electron chi connectivity index (χ2n) is 8.48. The smallest absolute Gasteiger partial charge is 0.225 e. The Bertz CT molecular complexity index is 990. The molecule has 33 heavy (non-hydrogen) atoms. The molecule has 2 aliphatic rings. The molecule has 0 bridgehead atoms. The highest BCUT2D eigenvalue weighted by Gasteiger charge is 2.23. The molecule has 0 saturated carbocycles. The number of hydrogen-bond donors (Lipinski definition) is 5. The molecule has 0 amide bonds. The molecule has 4 rings (SSSR count). The lowest BCUT2D eigenvalue weighted by Crippen LogP contribution is -2.47. The normalized spacial score (nSPS) is 18.8.